The van der Waals surface area contributed by atoms with Gasteiger partial charge in [-0.25, -0.2) is 21.9 Å². The smallest absolute Gasteiger partial charge is 0.273 e. The molecule has 0 saturated heterocycles. The zero-order valence-corrected chi connectivity index (χ0v) is 14.0. The first-order valence-electron chi connectivity index (χ1n) is 7.23. The fourth-order valence-electron chi connectivity index (χ4n) is 2.03. The van der Waals surface area contributed by atoms with Gasteiger partial charge in [-0.2, -0.15) is 0 Å². The summed E-state index contributed by atoms with van der Waals surface area (Å²) in [5.41, 5.74) is 4.90. The third-order valence-electron chi connectivity index (χ3n) is 3.71. The number of ether oxygens (including phenoxy) is 1. The van der Waals surface area contributed by atoms with Gasteiger partial charge < -0.3 is 10.5 Å². The summed E-state index contributed by atoms with van der Waals surface area (Å²) in [5, 5.41) is 0.173. The number of nitrogens with one attached hydrogen (secondary N) is 1. The van der Waals surface area contributed by atoms with Gasteiger partial charge in [0, 0.05) is 5.02 Å². The Hall–Kier alpha value is -0.960. The van der Waals surface area contributed by atoms with E-state index < -0.39 is 29.0 Å². The Balaban J connectivity index is 2.16. The van der Waals surface area contributed by atoms with E-state index in [1.165, 1.54) is 18.2 Å². The van der Waals surface area contributed by atoms with E-state index in [1.54, 1.807) is 0 Å². The second kappa shape index (κ2) is 7.29. The molecule has 0 spiro atoms. The molecule has 130 valence electrons. The first kappa shape index (κ1) is 18.4. The molecule has 0 aliphatic heterocycles. The van der Waals surface area contributed by atoms with Gasteiger partial charge in [0.25, 0.3) is 5.92 Å². The minimum atomic E-state index is -4.19. The lowest BCUT2D eigenvalue weighted by atomic mass is 9.86. The molecule has 0 bridgehead atoms. The van der Waals surface area contributed by atoms with Crippen LogP contribution in [0.5, 0.6) is 5.75 Å². The first-order chi connectivity index (χ1) is 10.7. The minimum Gasteiger partial charge on any atom is -0.492 e. The molecule has 0 heterocycles. The van der Waals surface area contributed by atoms with Gasteiger partial charge in [-0.1, -0.05) is 18.0 Å². The zero-order chi connectivity index (χ0) is 17.1. The lowest BCUT2D eigenvalue weighted by Gasteiger charge is -2.25. The highest BCUT2D eigenvalue weighted by Gasteiger charge is 2.31. The maximum Gasteiger partial charge on any atom is 0.273 e. The summed E-state index contributed by atoms with van der Waals surface area (Å²) in [7, 11) is -4.19. The van der Waals surface area contributed by atoms with Gasteiger partial charge in [0.2, 0.25) is 10.0 Å². The summed E-state index contributed by atoms with van der Waals surface area (Å²) in [4.78, 5) is -0.253. The van der Waals surface area contributed by atoms with Gasteiger partial charge >= 0.3 is 0 Å². The summed E-state index contributed by atoms with van der Waals surface area (Å²) < 4.78 is 58.3. The highest BCUT2D eigenvalue weighted by atomic mass is 35.5. The molecular weight excluding hydrogens is 350 g/mol. The highest BCUT2D eigenvalue weighted by molar-refractivity contribution is 7.89. The summed E-state index contributed by atoms with van der Waals surface area (Å²) in [6.07, 6.45) is 3.21. The average Bonchev–Trinajstić information content (AvgIpc) is 2.45. The monoisotopic (exact) mass is 368 g/mol. The molecular formula is C14H19ClF2N2O3S. The third-order valence-corrected chi connectivity index (χ3v) is 5.37. The van der Waals surface area contributed by atoms with Crippen LogP contribution in [0.4, 0.5) is 8.78 Å². The van der Waals surface area contributed by atoms with Crippen LogP contribution in [-0.4, -0.2) is 34.0 Å². The van der Waals surface area contributed by atoms with Crippen LogP contribution in [0.2, 0.25) is 5.02 Å². The van der Waals surface area contributed by atoms with Gasteiger partial charge in [0.05, 0.1) is 19.7 Å². The fourth-order valence-corrected chi connectivity index (χ4v) is 3.50. The molecule has 0 unspecified atom stereocenters. The Morgan fingerprint density at radius 1 is 1.39 bits per heavy atom. The number of halogens is 3. The van der Waals surface area contributed by atoms with Crippen LogP contribution >= 0.6 is 11.6 Å². The Labute approximate surface area is 139 Å². The molecule has 1 aromatic rings. The van der Waals surface area contributed by atoms with E-state index in [0.29, 0.717) is 12.5 Å². The summed E-state index contributed by atoms with van der Waals surface area (Å²) in [6, 6.07) is 4.10. The Morgan fingerprint density at radius 2 is 2.09 bits per heavy atom. The molecule has 1 saturated carbocycles. The Kier molecular flexibility index (Phi) is 5.83. The van der Waals surface area contributed by atoms with Gasteiger partial charge in [-0.05, 0) is 37.0 Å². The second-order valence-corrected chi connectivity index (χ2v) is 7.76. The van der Waals surface area contributed by atoms with Crippen molar-refractivity contribution in [3.05, 3.63) is 23.2 Å². The standard InChI is InChI=1S/C14H19ClF2N2O3S/c15-11-4-5-12(22-7-10-2-1-3-10)13(6-11)23(20,21)19-9-14(16,17)8-18/h4-6,10,19H,1-3,7-9,18H2. The molecule has 0 amide bonds. The van der Waals surface area contributed by atoms with E-state index >= 15 is 0 Å². The molecule has 1 fully saturated rings. The number of hydrogen-bond acceptors (Lipinski definition) is 4. The summed E-state index contributed by atoms with van der Waals surface area (Å²) in [5.74, 6) is -2.82. The van der Waals surface area contributed by atoms with Crippen LogP contribution in [0.3, 0.4) is 0 Å². The van der Waals surface area contributed by atoms with Crippen LogP contribution < -0.4 is 15.2 Å². The average molecular weight is 369 g/mol. The van der Waals surface area contributed by atoms with E-state index in [2.05, 4.69) is 0 Å². The molecule has 23 heavy (non-hydrogen) atoms. The van der Waals surface area contributed by atoms with Crippen molar-refractivity contribution < 1.29 is 21.9 Å². The van der Waals surface area contributed by atoms with Crippen molar-refractivity contribution in [2.24, 2.45) is 11.7 Å². The minimum absolute atomic E-state index is 0.102. The lowest BCUT2D eigenvalue weighted by molar-refractivity contribution is 0.0170. The maximum atomic E-state index is 13.2. The third kappa shape index (κ3) is 5.00. The van der Waals surface area contributed by atoms with Crippen molar-refractivity contribution in [3.63, 3.8) is 0 Å². The molecule has 2 rings (SSSR count). The fraction of sp³-hybridized carbons (Fsp3) is 0.571. The number of benzene rings is 1. The van der Waals surface area contributed by atoms with Crippen molar-refractivity contribution in [2.45, 2.75) is 30.1 Å². The molecule has 0 radical (unpaired) electrons. The van der Waals surface area contributed by atoms with E-state index in [9.17, 15) is 17.2 Å². The molecule has 0 atom stereocenters. The molecule has 0 aromatic heterocycles. The Morgan fingerprint density at radius 3 is 2.65 bits per heavy atom. The lowest BCUT2D eigenvalue weighted by Crippen LogP contribution is -2.41. The van der Waals surface area contributed by atoms with Crippen LogP contribution in [0.15, 0.2) is 23.1 Å². The SMILES string of the molecule is NCC(F)(F)CNS(=O)(=O)c1cc(Cl)ccc1OCC1CCC1. The van der Waals surface area contributed by atoms with E-state index in [0.717, 1.165) is 19.3 Å². The molecule has 9 heteroatoms. The van der Waals surface area contributed by atoms with Crippen molar-refractivity contribution >= 4 is 21.6 Å². The van der Waals surface area contributed by atoms with Crippen molar-refractivity contribution in [3.8, 4) is 5.75 Å². The van der Waals surface area contributed by atoms with Gasteiger partial charge in [-0.15, -0.1) is 0 Å². The van der Waals surface area contributed by atoms with Crippen molar-refractivity contribution in [1.29, 1.82) is 0 Å². The van der Waals surface area contributed by atoms with Gasteiger partial charge in [-0.3, -0.25) is 0 Å². The first-order valence-corrected chi connectivity index (χ1v) is 9.09. The van der Waals surface area contributed by atoms with Gasteiger partial charge in [0.15, 0.2) is 0 Å². The van der Waals surface area contributed by atoms with Crippen LogP contribution in [0, 0.1) is 5.92 Å². The predicted octanol–water partition coefficient (Wildman–Crippen LogP) is 2.39. The van der Waals surface area contributed by atoms with E-state index in [4.69, 9.17) is 22.1 Å². The van der Waals surface area contributed by atoms with E-state index in [1.807, 2.05) is 4.72 Å². The molecule has 5 nitrogen and oxygen atoms in total. The van der Waals surface area contributed by atoms with Crippen molar-refractivity contribution in [1.82, 2.24) is 4.72 Å². The van der Waals surface area contributed by atoms with E-state index in [-0.39, 0.29) is 15.7 Å². The molecule has 1 aromatic carbocycles. The van der Waals surface area contributed by atoms with Crippen LogP contribution in [0.25, 0.3) is 0 Å². The number of hydrogen-bond donors (Lipinski definition) is 2. The van der Waals surface area contributed by atoms with Crippen molar-refractivity contribution in [2.75, 3.05) is 19.7 Å². The Bertz CT molecular complexity index is 651. The number of alkyl halides is 2. The summed E-state index contributed by atoms with van der Waals surface area (Å²) in [6.45, 7) is -1.64. The van der Waals surface area contributed by atoms with Gasteiger partial charge in [0.1, 0.15) is 10.6 Å². The predicted molar refractivity (Wildman–Crippen MR) is 83.5 cm³/mol. The molecule has 3 N–H and O–H groups in total. The number of sulfonamides is 1. The normalized spacial score (nSPS) is 16.2. The quantitative estimate of drug-likeness (QED) is 0.738. The number of rotatable bonds is 8. The second-order valence-electron chi connectivity index (χ2n) is 5.58. The number of nitrogens with two attached hydrogens (primary N) is 1. The summed E-state index contributed by atoms with van der Waals surface area (Å²) >= 11 is 5.83. The molecule has 1 aliphatic rings. The topological polar surface area (TPSA) is 81.4 Å². The van der Waals surface area contributed by atoms with Crippen LogP contribution in [0.1, 0.15) is 19.3 Å². The van der Waals surface area contributed by atoms with Crippen LogP contribution in [-0.2, 0) is 10.0 Å². The maximum absolute atomic E-state index is 13.2. The largest absolute Gasteiger partial charge is 0.492 e. The zero-order valence-electron chi connectivity index (χ0n) is 12.4. The molecule has 1 aliphatic carbocycles. The highest BCUT2D eigenvalue weighted by Crippen LogP contribution is 2.31.